The normalized spacial score (nSPS) is 11.3. The van der Waals surface area contributed by atoms with Crippen LogP contribution in [0.15, 0.2) is 200 Å². The molecule has 0 saturated heterocycles. The molecule has 0 atom stereocenters. The topological polar surface area (TPSA) is 38.0 Å². The second-order valence-corrected chi connectivity index (χ2v) is 15.6. The van der Waals surface area contributed by atoms with Crippen LogP contribution in [0.1, 0.15) is 11.1 Å². The summed E-state index contributed by atoms with van der Waals surface area (Å²) in [6, 6.07) is 72.7. The fourth-order valence-corrected chi connectivity index (χ4v) is 9.25. The van der Waals surface area contributed by atoms with Gasteiger partial charge < -0.3 is 9.13 Å². The van der Waals surface area contributed by atoms with Crippen molar-refractivity contribution in [2.45, 2.75) is 6.92 Å². The van der Waals surface area contributed by atoms with Gasteiger partial charge in [0.25, 0.3) is 0 Å². The standard InChI is InChI=1S/C57H36N4/c1-37-31-38(36-58)21-26-45(37)43-24-30-57(61-54-20-12-10-18-47(54)50-33-42(23-29-56(50)61)40-15-7-4-8-16-40)51(34-43)48-35-44(25-27-52(48)59-2)60-53-19-11-9-17-46(53)49-32-41(22-28-55(49)60)39-13-5-3-6-14-39/h3-35H,1H3. The third-order valence-corrected chi connectivity index (χ3v) is 12.1. The van der Waals surface area contributed by atoms with Crippen LogP contribution in [0.5, 0.6) is 0 Å². The minimum Gasteiger partial charge on any atom is -0.309 e. The molecule has 2 aromatic heterocycles. The Bertz CT molecular complexity index is 3610. The third-order valence-electron chi connectivity index (χ3n) is 12.1. The number of para-hydroxylation sites is 2. The highest BCUT2D eigenvalue weighted by atomic mass is 15.0. The summed E-state index contributed by atoms with van der Waals surface area (Å²) in [5, 5.41) is 14.4. The molecule has 0 aliphatic carbocycles. The molecule has 0 N–H and O–H groups in total. The number of nitriles is 1. The summed E-state index contributed by atoms with van der Waals surface area (Å²) >= 11 is 0. The molecule has 0 bridgehead atoms. The van der Waals surface area contributed by atoms with Crippen LogP contribution in [0.3, 0.4) is 0 Å². The van der Waals surface area contributed by atoms with Crippen molar-refractivity contribution in [3.63, 3.8) is 0 Å². The zero-order chi connectivity index (χ0) is 41.0. The second kappa shape index (κ2) is 14.4. The molecule has 0 unspecified atom stereocenters. The van der Waals surface area contributed by atoms with Gasteiger partial charge in [0.15, 0.2) is 5.69 Å². The van der Waals surface area contributed by atoms with Gasteiger partial charge in [0.1, 0.15) is 0 Å². The van der Waals surface area contributed by atoms with Crippen molar-refractivity contribution >= 4 is 49.3 Å². The molecule has 11 rings (SSSR count). The van der Waals surface area contributed by atoms with Crippen molar-refractivity contribution in [1.82, 2.24) is 9.13 Å². The maximum atomic E-state index is 9.69. The molecule has 2 heterocycles. The molecular formula is C57H36N4. The van der Waals surface area contributed by atoms with Crippen molar-refractivity contribution in [3.05, 3.63) is 223 Å². The number of nitrogens with zero attached hydrogens (tertiary/aromatic N) is 4. The van der Waals surface area contributed by atoms with Crippen molar-refractivity contribution in [2.75, 3.05) is 0 Å². The molecule has 11 aromatic rings. The van der Waals surface area contributed by atoms with E-state index in [0.29, 0.717) is 11.3 Å². The Hall–Kier alpha value is -8.44. The smallest absolute Gasteiger partial charge is 0.195 e. The molecular weight excluding hydrogens is 741 g/mol. The van der Waals surface area contributed by atoms with Crippen LogP contribution in [0.2, 0.25) is 0 Å². The van der Waals surface area contributed by atoms with Gasteiger partial charge in [-0.25, -0.2) is 4.85 Å². The summed E-state index contributed by atoms with van der Waals surface area (Å²) in [5.41, 5.74) is 17.0. The minimum absolute atomic E-state index is 0.568. The predicted molar refractivity (Wildman–Crippen MR) is 253 cm³/mol. The Morgan fingerprint density at radius 1 is 0.426 bits per heavy atom. The average molecular weight is 777 g/mol. The highest BCUT2D eigenvalue weighted by Gasteiger charge is 2.21. The molecule has 9 aromatic carbocycles. The fourth-order valence-electron chi connectivity index (χ4n) is 9.25. The molecule has 0 amide bonds. The first kappa shape index (κ1) is 35.7. The molecule has 0 aliphatic rings. The Labute approximate surface area is 353 Å². The van der Waals surface area contributed by atoms with Gasteiger partial charge in [-0.3, -0.25) is 0 Å². The zero-order valence-corrected chi connectivity index (χ0v) is 33.3. The number of hydrogen-bond acceptors (Lipinski definition) is 1. The van der Waals surface area contributed by atoms with Crippen LogP contribution in [0, 0.1) is 24.8 Å². The van der Waals surface area contributed by atoms with E-state index in [1.165, 1.54) is 27.5 Å². The molecule has 4 nitrogen and oxygen atoms in total. The monoisotopic (exact) mass is 776 g/mol. The number of hydrogen-bond donors (Lipinski definition) is 0. The Morgan fingerprint density at radius 3 is 1.59 bits per heavy atom. The van der Waals surface area contributed by atoms with E-state index < -0.39 is 0 Å². The van der Waals surface area contributed by atoms with Gasteiger partial charge in [0.2, 0.25) is 0 Å². The Kier molecular flexibility index (Phi) is 8.45. The lowest BCUT2D eigenvalue weighted by Crippen LogP contribution is -2.00. The van der Waals surface area contributed by atoms with E-state index >= 15 is 0 Å². The van der Waals surface area contributed by atoms with E-state index in [2.05, 4.69) is 191 Å². The maximum absolute atomic E-state index is 9.69. The number of rotatable bonds is 6. The van der Waals surface area contributed by atoms with E-state index in [0.717, 1.165) is 77.6 Å². The van der Waals surface area contributed by atoms with Crippen molar-refractivity contribution in [3.8, 4) is 62.0 Å². The molecule has 0 aliphatic heterocycles. The minimum atomic E-state index is 0.568. The van der Waals surface area contributed by atoms with Crippen LogP contribution in [-0.4, -0.2) is 9.13 Å². The van der Waals surface area contributed by atoms with Crippen molar-refractivity contribution < 1.29 is 0 Å². The quantitative estimate of drug-likeness (QED) is 0.155. The van der Waals surface area contributed by atoms with Crippen LogP contribution in [0.4, 0.5) is 5.69 Å². The van der Waals surface area contributed by atoms with Gasteiger partial charge in [-0.1, -0.05) is 127 Å². The van der Waals surface area contributed by atoms with Crippen LogP contribution in [0.25, 0.3) is 104 Å². The lowest BCUT2D eigenvalue weighted by molar-refractivity contribution is 1.17. The molecule has 61 heavy (non-hydrogen) atoms. The van der Waals surface area contributed by atoms with E-state index in [9.17, 15) is 5.26 Å². The average Bonchev–Trinajstić information content (AvgIpc) is 3.84. The van der Waals surface area contributed by atoms with Gasteiger partial charge >= 0.3 is 0 Å². The summed E-state index contributed by atoms with van der Waals surface area (Å²) < 4.78 is 4.69. The van der Waals surface area contributed by atoms with E-state index in [4.69, 9.17) is 6.57 Å². The molecule has 0 spiro atoms. The maximum Gasteiger partial charge on any atom is 0.195 e. The number of fused-ring (bicyclic) bond motifs is 6. The lowest BCUT2D eigenvalue weighted by Gasteiger charge is -2.19. The summed E-state index contributed by atoms with van der Waals surface area (Å²) in [7, 11) is 0. The number of benzene rings is 9. The summed E-state index contributed by atoms with van der Waals surface area (Å²) in [6.45, 7) is 10.6. The molecule has 0 radical (unpaired) electrons. The predicted octanol–water partition coefficient (Wildman–Crippen LogP) is 15.3. The van der Waals surface area contributed by atoms with E-state index in [1.54, 1.807) is 0 Å². The van der Waals surface area contributed by atoms with Gasteiger partial charge in [0.05, 0.1) is 46.0 Å². The van der Waals surface area contributed by atoms with Gasteiger partial charge in [-0.2, -0.15) is 5.26 Å². The third kappa shape index (κ3) is 5.90. The highest BCUT2D eigenvalue weighted by Crippen LogP contribution is 2.44. The largest absolute Gasteiger partial charge is 0.309 e. The summed E-state index contributed by atoms with van der Waals surface area (Å²) in [5.74, 6) is 0. The molecule has 0 fully saturated rings. The first-order valence-electron chi connectivity index (χ1n) is 20.4. The van der Waals surface area contributed by atoms with E-state index in [-0.39, 0.29) is 0 Å². The van der Waals surface area contributed by atoms with Crippen LogP contribution >= 0.6 is 0 Å². The Balaban J connectivity index is 1.18. The van der Waals surface area contributed by atoms with Gasteiger partial charge in [-0.05, 0) is 130 Å². The van der Waals surface area contributed by atoms with Crippen molar-refractivity contribution in [2.24, 2.45) is 0 Å². The summed E-state index contributed by atoms with van der Waals surface area (Å²) in [6.07, 6.45) is 0. The SMILES string of the molecule is [C-]#[N+]c1ccc(-n2c3ccccc3c3cc(-c4ccccc4)ccc32)cc1-c1cc(-c2ccc(C#N)cc2C)ccc1-n1c2ccccc2c2cc(-c3ccccc3)ccc21. The lowest BCUT2D eigenvalue weighted by atomic mass is 9.93. The second-order valence-electron chi connectivity index (χ2n) is 15.6. The molecule has 0 saturated carbocycles. The van der Waals surface area contributed by atoms with Gasteiger partial charge in [-0.15, -0.1) is 0 Å². The molecule has 4 heteroatoms. The Morgan fingerprint density at radius 2 is 0.984 bits per heavy atom. The molecule has 284 valence electrons. The highest BCUT2D eigenvalue weighted by molar-refractivity contribution is 6.12. The van der Waals surface area contributed by atoms with Crippen LogP contribution < -0.4 is 0 Å². The fraction of sp³-hybridized carbons (Fsp3) is 0.0175. The number of aromatic nitrogens is 2. The number of aryl methyl sites for hydroxylation is 1. The first-order chi connectivity index (χ1) is 30.1. The van der Waals surface area contributed by atoms with E-state index in [1.807, 2.05) is 36.4 Å². The summed E-state index contributed by atoms with van der Waals surface area (Å²) in [4.78, 5) is 4.17. The zero-order valence-electron chi connectivity index (χ0n) is 33.3. The van der Waals surface area contributed by atoms with Crippen molar-refractivity contribution in [1.29, 1.82) is 5.26 Å². The first-order valence-corrected chi connectivity index (χ1v) is 20.4. The van der Waals surface area contributed by atoms with Crippen LogP contribution in [-0.2, 0) is 0 Å². The van der Waals surface area contributed by atoms with Gasteiger partial charge in [0, 0.05) is 27.2 Å².